The Morgan fingerprint density at radius 3 is 2.13 bits per heavy atom. The number of aryl methyl sites for hydroxylation is 4. The van der Waals surface area contributed by atoms with Gasteiger partial charge in [-0.25, -0.2) is 13.8 Å². The molecule has 0 radical (unpaired) electrons. The van der Waals surface area contributed by atoms with Crippen LogP contribution in [0.1, 0.15) is 33.6 Å². The molecule has 0 unspecified atom stereocenters. The molecule has 0 spiro atoms. The van der Waals surface area contributed by atoms with Crippen molar-refractivity contribution in [2.75, 3.05) is 10.8 Å². The van der Waals surface area contributed by atoms with Crippen molar-refractivity contribution in [1.29, 1.82) is 0 Å². The number of carbonyl (C=O) groups excluding carboxylic acids is 1. The van der Waals surface area contributed by atoms with Crippen LogP contribution in [0.25, 0.3) is 5.69 Å². The molecule has 4 rings (SSSR count). The number of rotatable bonds is 8. The van der Waals surface area contributed by atoms with Crippen molar-refractivity contribution in [1.82, 2.24) is 9.99 Å². The summed E-state index contributed by atoms with van der Waals surface area (Å²) in [5.41, 5.74) is 10.2. The van der Waals surface area contributed by atoms with E-state index in [0.29, 0.717) is 5.69 Å². The number of sulfonamides is 1. The maximum atomic E-state index is 13.4. The lowest BCUT2D eigenvalue weighted by molar-refractivity contribution is -0.119. The topological polar surface area (TPSA) is 83.8 Å². The molecule has 196 valence electrons. The van der Waals surface area contributed by atoms with Crippen LogP contribution in [0.5, 0.6) is 0 Å². The number of anilines is 1. The van der Waals surface area contributed by atoms with Gasteiger partial charge < -0.3 is 4.57 Å². The van der Waals surface area contributed by atoms with Gasteiger partial charge in [0.15, 0.2) is 0 Å². The van der Waals surface area contributed by atoms with Crippen molar-refractivity contribution in [3.8, 4) is 5.69 Å². The maximum absolute atomic E-state index is 13.4. The highest BCUT2D eigenvalue weighted by Crippen LogP contribution is 2.24. The Morgan fingerprint density at radius 2 is 1.50 bits per heavy atom. The van der Waals surface area contributed by atoms with E-state index in [1.807, 2.05) is 39.0 Å². The summed E-state index contributed by atoms with van der Waals surface area (Å²) in [4.78, 5) is 13.0. The van der Waals surface area contributed by atoms with Crippen LogP contribution in [0.3, 0.4) is 0 Å². The SMILES string of the molecule is Cc1ccc(N(CC(=O)N/N=C/c2cc(C)n(-c3cc(C)cc(C)c3)c2C)S(=O)(=O)c2ccccc2)cc1. The van der Waals surface area contributed by atoms with Gasteiger partial charge in [0.25, 0.3) is 15.9 Å². The Bertz CT molecular complexity index is 1570. The average molecular weight is 529 g/mol. The van der Waals surface area contributed by atoms with Gasteiger partial charge in [-0.2, -0.15) is 5.10 Å². The summed E-state index contributed by atoms with van der Waals surface area (Å²) in [5, 5.41) is 4.14. The smallest absolute Gasteiger partial charge is 0.264 e. The Kier molecular flexibility index (Phi) is 7.83. The number of hydrogen-bond donors (Lipinski definition) is 1. The Morgan fingerprint density at radius 1 is 0.868 bits per heavy atom. The van der Waals surface area contributed by atoms with Gasteiger partial charge in [-0.05, 0) is 88.2 Å². The molecule has 0 saturated heterocycles. The first-order valence-electron chi connectivity index (χ1n) is 12.3. The zero-order chi connectivity index (χ0) is 27.4. The molecule has 8 heteroatoms. The summed E-state index contributed by atoms with van der Waals surface area (Å²) in [5.74, 6) is -0.551. The van der Waals surface area contributed by atoms with Crippen molar-refractivity contribution in [3.05, 3.63) is 113 Å². The number of benzene rings is 3. The van der Waals surface area contributed by atoms with Crippen LogP contribution in [0.4, 0.5) is 5.69 Å². The molecule has 0 saturated carbocycles. The molecule has 4 aromatic rings. The van der Waals surface area contributed by atoms with Crippen LogP contribution in [0.2, 0.25) is 0 Å². The van der Waals surface area contributed by atoms with Crippen molar-refractivity contribution in [2.45, 2.75) is 39.5 Å². The number of carbonyl (C=O) groups is 1. The van der Waals surface area contributed by atoms with Gasteiger partial charge in [0.05, 0.1) is 16.8 Å². The second-order valence-corrected chi connectivity index (χ2v) is 11.3. The summed E-state index contributed by atoms with van der Waals surface area (Å²) in [7, 11) is -3.97. The van der Waals surface area contributed by atoms with E-state index in [-0.39, 0.29) is 4.90 Å². The van der Waals surface area contributed by atoms with Crippen LogP contribution in [-0.4, -0.2) is 31.7 Å². The number of aromatic nitrogens is 1. The summed E-state index contributed by atoms with van der Waals surface area (Å²) < 4.78 is 30.1. The lowest BCUT2D eigenvalue weighted by Gasteiger charge is -2.23. The van der Waals surface area contributed by atoms with Crippen molar-refractivity contribution >= 4 is 27.8 Å². The standard InChI is InChI=1S/C30H32N4O3S/c1-21-11-13-27(14-12-21)33(38(36,37)29-9-7-6-8-10-29)20-30(35)32-31-19-26-18-24(4)34(25(26)5)28-16-22(2)15-23(3)17-28/h6-19H,20H2,1-5H3,(H,32,35)/b31-19+. The van der Waals surface area contributed by atoms with E-state index in [1.165, 1.54) is 23.3 Å². The molecule has 3 aromatic carbocycles. The van der Waals surface area contributed by atoms with E-state index < -0.39 is 22.5 Å². The molecule has 1 heterocycles. The van der Waals surface area contributed by atoms with E-state index in [1.54, 1.807) is 36.5 Å². The van der Waals surface area contributed by atoms with Gasteiger partial charge >= 0.3 is 0 Å². The van der Waals surface area contributed by atoms with Gasteiger partial charge in [-0.1, -0.05) is 42.0 Å². The summed E-state index contributed by atoms with van der Waals surface area (Å²) in [6, 6.07) is 23.5. The normalized spacial score (nSPS) is 11.6. The van der Waals surface area contributed by atoms with Gasteiger partial charge in [0.2, 0.25) is 0 Å². The van der Waals surface area contributed by atoms with Crippen molar-refractivity contribution in [2.24, 2.45) is 5.10 Å². The zero-order valence-corrected chi connectivity index (χ0v) is 23.1. The molecule has 1 N–H and O–H groups in total. The lowest BCUT2D eigenvalue weighted by Crippen LogP contribution is -2.39. The third-order valence-electron chi connectivity index (χ3n) is 6.27. The molecule has 1 amide bonds. The molecule has 38 heavy (non-hydrogen) atoms. The van der Waals surface area contributed by atoms with E-state index >= 15 is 0 Å². The zero-order valence-electron chi connectivity index (χ0n) is 22.3. The highest BCUT2D eigenvalue weighted by Gasteiger charge is 2.27. The second kappa shape index (κ2) is 11.1. The molecular weight excluding hydrogens is 496 g/mol. The Balaban J connectivity index is 1.55. The molecule has 0 atom stereocenters. The second-order valence-electron chi connectivity index (χ2n) is 9.46. The molecule has 7 nitrogen and oxygen atoms in total. The number of nitrogens with zero attached hydrogens (tertiary/aromatic N) is 3. The monoisotopic (exact) mass is 528 g/mol. The molecule has 0 aliphatic rings. The molecular formula is C30H32N4O3S. The van der Waals surface area contributed by atoms with Crippen LogP contribution >= 0.6 is 0 Å². The predicted octanol–water partition coefficient (Wildman–Crippen LogP) is 5.37. The quantitative estimate of drug-likeness (QED) is 0.247. The van der Waals surface area contributed by atoms with Crippen molar-refractivity contribution in [3.63, 3.8) is 0 Å². The van der Waals surface area contributed by atoms with Gasteiger partial charge in [-0.3, -0.25) is 9.10 Å². The van der Waals surface area contributed by atoms with Gasteiger partial charge in [0, 0.05) is 22.6 Å². The highest BCUT2D eigenvalue weighted by molar-refractivity contribution is 7.92. The average Bonchev–Trinajstić information content (AvgIpc) is 3.15. The van der Waals surface area contributed by atoms with Crippen LogP contribution < -0.4 is 9.73 Å². The maximum Gasteiger partial charge on any atom is 0.264 e. The summed E-state index contributed by atoms with van der Waals surface area (Å²) >= 11 is 0. The third-order valence-corrected chi connectivity index (χ3v) is 8.06. The minimum absolute atomic E-state index is 0.107. The lowest BCUT2D eigenvalue weighted by atomic mass is 10.1. The minimum Gasteiger partial charge on any atom is -0.318 e. The molecule has 0 fully saturated rings. The number of hydrazone groups is 1. The van der Waals surface area contributed by atoms with E-state index in [0.717, 1.165) is 32.5 Å². The molecule has 1 aromatic heterocycles. The van der Waals surface area contributed by atoms with E-state index in [9.17, 15) is 13.2 Å². The fourth-order valence-electron chi connectivity index (χ4n) is 4.48. The van der Waals surface area contributed by atoms with Crippen LogP contribution in [0, 0.1) is 34.6 Å². The van der Waals surface area contributed by atoms with Crippen LogP contribution in [0.15, 0.2) is 88.9 Å². The first-order chi connectivity index (χ1) is 18.1. The van der Waals surface area contributed by atoms with E-state index in [2.05, 4.69) is 47.1 Å². The first-order valence-corrected chi connectivity index (χ1v) is 13.7. The van der Waals surface area contributed by atoms with E-state index in [4.69, 9.17) is 0 Å². The number of hydrogen-bond acceptors (Lipinski definition) is 4. The summed E-state index contributed by atoms with van der Waals surface area (Å²) in [6.07, 6.45) is 1.58. The summed E-state index contributed by atoms with van der Waals surface area (Å²) in [6.45, 7) is 9.66. The number of nitrogens with one attached hydrogen (secondary N) is 1. The van der Waals surface area contributed by atoms with Crippen molar-refractivity contribution < 1.29 is 13.2 Å². The fourth-order valence-corrected chi connectivity index (χ4v) is 5.92. The Labute approximate surface area is 224 Å². The molecule has 0 aliphatic heterocycles. The Hall–Kier alpha value is -4.17. The predicted molar refractivity (Wildman–Crippen MR) is 153 cm³/mol. The first kappa shape index (κ1) is 26.9. The number of amides is 1. The highest BCUT2D eigenvalue weighted by atomic mass is 32.2. The van der Waals surface area contributed by atoms with Crippen LogP contribution in [-0.2, 0) is 14.8 Å². The fraction of sp³-hybridized carbons (Fsp3) is 0.200. The third kappa shape index (κ3) is 5.86. The van der Waals surface area contributed by atoms with Gasteiger partial charge in [0.1, 0.15) is 6.54 Å². The van der Waals surface area contributed by atoms with Gasteiger partial charge in [-0.15, -0.1) is 0 Å². The molecule has 0 bridgehead atoms. The molecule has 0 aliphatic carbocycles. The minimum atomic E-state index is -3.97. The largest absolute Gasteiger partial charge is 0.318 e.